The number of aromatic carboxylic acids is 1. The first kappa shape index (κ1) is 13.1. The minimum atomic E-state index is -0.931. The van der Waals surface area contributed by atoms with Gasteiger partial charge in [0.15, 0.2) is 0 Å². The second-order valence-electron chi connectivity index (χ2n) is 4.27. The first-order chi connectivity index (χ1) is 9.20. The number of carbonyl (C=O) groups is 1. The maximum absolute atomic E-state index is 11.1. The first-order valence-electron chi connectivity index (χ1n) is 6.29. The summed E-state index contributed by atoms with van der Waals surface area (Å²) in [6.07, 6.45) is 2.97. The summed E-state index contributed by atoms with van der Waals surface area (Å²) in [5.74, 6) is -0.931. The molecule has 0 aliphatic carbocycles. The predicted molar refractivity (Wildman–Crippen MR) is 73.2 cm³/mol. The third-order valence-electron chi connectivity index (χ3n) is 2.77. The van der Waals surface area contributed by atoms with Crippen molar-refractivity contribution in [2.24, 2.45) is 0 Å². The summed E-state index contributed by atoms with van der Waals surface area (Å²) in [5, 5.41) is 16.6. The Hall–Kier alpha value is -2.30. The van der Waals surface area contributed by atoms with E-state index in [1.807, 2.05) is 23.0 Å². The van der Waals surface area contributed by atoms with Gasteiger partial charge in [0.2, 0.25) is 0 Å². The van der Waals surface area contributed by atoms with Gasteiger partial charge in [-0.25, -0.2) is 4.79 Å². The number of nitrogens with one attached hydrogen (secondary N) is 1. The van der Waals surface area contributed by atoms with E-state index in [1.165, 1.54) is 0 Å². The summed E-state index contributed by atoms with van der Waals surface area (Å²) in [4.78, 5) is 11.1. The van der Waals surface area contributed by atoms with Crippen LogP contribution in [0.4, 0.5) is 5.69 Å². The molecule has 0 amide bonds. The first-order valence-corrected chi connectivity index (χ1v) is 6.29. The van der Waals surface area contributed by atoms with Gasteiger partial charge in [-0.15, -0.1) is 0 Å². The molecule has 0 fully saturated rings. The molecular formula is C14H17N3O2. The van der Waals surface area contributed by atoms with E-state index < -0.39 is 5.97 Å². The van der Waals surface area contributed by atoms with Crippen LogP contribution in [-0.4, -0.2) is 20.9 Å². The standard InChI is InChI=1S/C14H17N3O2/c1-2-8-17-9-7-11(16-17)10-15-13-6-4-3-5-12(13)14(18)19/h3-7,9,15H,2,8,10H2,1H3,(H,18,19). The SMILES string of the molecule is CCCn1ccc(CNc2ccccc2C(=O)O)n1. The molecule has 0 unspecified atom stereocenters. The van der Waals surface area contributed by atoms with E-state index in [0.717, 1.165) is 18.7 Å². The summed E-state index contributed by atoms with van der Waals surface area (Å²) in [7, 11) is 0. The molecule has 1 aromatic heterocycles. The average Bonchev–Trinajstić information content (AvgIpc) is 2.85. The van der Waals surface area contributed by atoms with Crippen molar-refractivity contribution in [1.82, 2.24) is 9.78 Å². The Morgan fingerprint density at radius 2 is 2.16 bits per heavy atom. The van der Waals surface area contributed by atoms with Crippen molar-refractivity contribution in [2.45, 2.75) is 26.4 Å². The quantitative estimate of drug-likeness (QED) is 0.836. The van der Waals surface area contributed by atoms with Crippen LogP contribution in [0.5, 0.6) is 0 Å². The molecule has 0 spiro atoms. The van der Waals surface area contributed by atoms with Crippen molar-refractivity contribution in [1.29, 1.82) is 0 Å². The Labute approximate surface area is 111 Å². The van der Waals surface area contributed by atoms with Gasteiger partial charge in [-0.2, -0.15) is 5.10 Å². The number of hydrogen-bond acceptors (Lipinski definition) is 3. The normalized spacial score (nSPS) is 10.4. The molecule has 0 saturated heterocycles. The van der Waals surface area contributed by atoms with Gasteiger partial charge in [-0.3, -0.25) is 4.68 Å². The molecule has 0 atom stereocenters. The van der Waals surface area contributed by atoms with E-state index in [1.54, 1.807) is 18.2 Å². The van der Waals surface area contributed by atoms with Crippen LogP contribution in [0.15, 0.2) is 36.5 Å². The van der Waals surface area contributed by atoms with Gasteiger partial charge in [0.25, 0.3) is 0 Å². The fraction of sp³-hybridized carbons (Fsp3) is 0.286. The number of aromatic nitrogens is 2. The van der Waals surface area contributed by atoms with Gasteiger partial charge in [-0.05, 0) is 24.6 Å². The highest BCUT2D eigenvalue weighted by Crippen LogP contribution is 2.15. The second kappa shape index (κ2) is 6.04. The Morgan fingerprint density at radius 1 is 1.37 bits per heavy atom. The van der Waals surface area contributed by atoms with Crippen LogP contribution in [0.3, 0.4) is 0 Å². The zero-order valence-electron chi connectivity index (χ0n) is 10.8. The molecule has 2 rings (SSSR count). The van der Waals surface area contributed by atoms with Crippen molar-refractivity contribution in [2.75, 3.05) is 5.32 Å². The van der Waals surface area contributed by atoms with E-state index in [9.17, 15) is 4.79 Å². The lowest BCUT2D eigenvalue weighted by Gasteiger charge is -2.07. The molecule has 19 heavy (non-hydrogen) atoms. The monoisotopic (exact) mass is 259 g/mol. The van der Waals surface area contributed by atoms with Crippen LogP contribution < -0.4 is 5.32 Å². The molecule has 5 heteroatoms. The zero-order valence-corrected chi connectivity index (χ0v) is 10.8. The van der Waals surface area contributed by atoms with Crippen LogP contribution in [0.2, 0.25) is 0 Å². The molecule has 100 valence electrons. The van der Waals surface area contributed by atoms with E-state index in [2.05, 4.69) is 17.3 Å². The van der Waals surface area contributed by atoms with Crippen molar-refractivity contribution < 1.29 is 9.90 Å². The van der Waals surface area contributed by atoms with Crippen LogP contribution in [0, 0.1) is 0 Å². The summed E-state index contributed by atoms with van der Waals surface area (Å²) in [6, 6.07) is 8.80. The van der Waals surface area contributed by atoms with Gasteiger partial charge in [0.1, 0.15) is 0 Å². The maximum atomic E-state index is 11.1. The molecule has 0 aliphatic heterocycles. The third-order valence-corrected chi connectivity index (χ3v) is 2.77. The number of rotatable bonds is 6. The van der Waals surface area contributed by atoms with Crippen LogP contribution in [0.1, 0.15) is 29.4 Å². The van der Waals surface area contributed by atoms with Crippen molar-refractivity contribution in [3.63, 3.8) is 0 Å². The predicted octanol–water partition coefficient (Wildman–Crippen LogP) is 2.60. The fourth-order valence-electron chi connectivity index (χ4n) is 1.86. The number of para-hydroxylation sites is 1. The van der Waals surface area contributed by atoms with Crippen molar-refractivity contribution >= 4 is 11.7 Å². The lowest BCUT2D eigenvalue weighted by Crippen LogP contribution is -2.07. The summed E-state index contributed by atoms with van der Waals surface area (Å²) >= 11 is 0. The third kappa shape index (κ3) is 3.34. The Morgan fingerprint density at radius 3 is 2.89 bits per heavy atom. The molecule has 2 N–H and O–H groups in total. The molecule has 5 nitrogen and oxygen atoms in total. The fourth-order valence-corrected chi connectivity index (χ4v) is 1.86. The van der Waals surface area contributed by atoms with E-state index >= 15 is 0 Å². The molecule has 1 heterocycles. The van der Waals surface area contributed by atoms with Gasteiger partial charge in [-0.1, -0.05) is 19.1 Å². The van der Waals surface area contributed by atoms with Crippen LogP contribution >= 0.6 is 0 Å². The van der Waals surface area contributed by atoms with E-state index in [-0.39, 0.29) is 5.56 Å². The molecular weight excluding hydrogens is 242 g/mol. The summed E-state index contributed by atoms with van der Waals surface area (Å²) < 4.78 is 1.89. The summed E-state index contributed by atoms with van der Waals surface area (Å²) in [5.41, 5.74) is 1.78. The summed E-state index contributed by atoms with van der Waals surface area (Å²) in [6.45, 7) is 3.51. The number of carboxylic acid groups (broad SMARTS) is 1. The Kier molecular flexibility index (Phi) is 4.18. The number of aryl methyl sites for hydroxylation is 1. The number of hydrogen-bond donors (Lipinski definition) is 2. The van der Waals surface area contributed by atoms with Crippen molar-refractivity contribution in [3.05, 3.63) is 47.8 Å². The van der Waals surface area contributed by atoms with Crippen molar-refractivity contribution in [3.8, 4) is 0 Å². The smallest absolute Gasteiger partial charge is 0.337 e. The minimum Gasteiger partial charge on any atom is -0.478 e. The maximum Gasteiger partial charge on any atom is 0.337 e. The highest BCUT2D eigenvalue weighted by atomic mass is 16.4. The van der Waals surface area contributed by atoms with Gasteiger partial charge in [0.05, 0.1) is 17.8 Å². The van der Waals surface area contributed by atoms with Gasteiger partial charge < -0.3 is 10.4 Å². The van der Waals surface area contributed by atoms with E-state index in [4.69, 9.17) is 5.11 Å². The molecule has 0 saturated carbocycles. The average molecular weight is 259 g/mol. The number of nitrogens with zero attached hydrogens (tertiary/aromatic N) is 2. The molecule has 1 aromatic carbocycles. The van der Waals surface area contributed by atoms with Gasteiger partial charge >= 0.3 is 5.97 Å². The second-order valence-corrected chi connectivity index (χ2v) is 4.27. The van der Waals surface area contributed by atoms with Gasteiger partial charge in [0, 0.05) is 18.4 Å². The molecule has 0 radical (unpaired) electrons. The largest absolute Gasteiger partial charge is 0.478 e. The highest BCUT2D eigenvalue weighted by Gasteiger charge is 2.08. The highest BCUT2D eigenvalue weighted by molar-refractivity contribution is 5.94. The van der Waals surface area contributed by atoms with Crippen LogP contribution in [-0.2, 0) is 13.1 Å². The lowest BCUT2D eigenvalue weighted by molar-refractivity contribution is 0.0698. The number of carboxylic acids is 1. The minimum absolute atomic E-state index is 0.274. The lowest BCUT2D eigenvalue weighted by atomic mass is 10.2. The Bertz CT molecular complexity index is 563. The Balaban J connectivity index is 2.03. The molecule has 0 bridgehead atoms. The zero-order chi connectivity index (χ0) is 13.7. The topological polar surface area (TPSA) is 67.2 Å². The number of anilines is 1. The molecule has 2 aromatic rings. The molecule has 0 aliphatic rings. The van der Waals surface area contributed by atoms with E-state index in [0.29, 0.717) is 12.2 Å². The van der Waals surface area contributed by atoms with Crippen LogP contribution in [0.25, 0.3) is 0 Å². The number of benzene rings is 1.